The van der Waals surface area contributed by atoms with Crippen molar-refractivity contribution in [2.45, 2.75) is 30.9 Å². The molecule has 0 radical (unpaired) electrons. The third-order valence-corrected chi connectivity index (χ3v) is 6.17. The zero-order chi connectivity index (χ0) is 14.2. The van der Waals surface area contributed by atoms with Crippen LogP contribution in [0.25, 0.3) is 0 Å². The van der Waals surface area contributed by atoms with Crippen LogP contribution in [0.5, 0.6) is 5.75 Å². The Morgan fingerprint density at radius 2 is 1.90 bits per heavy atom. The highest BCUT2D eigenvalue weighted by Gasteiger charge is 2.61. The Hall–Kier alpha value is -0.870. The molecule has 20 heavy (non-hydrogen) atoms. The number of hydrogen-bond acceptors (Lipinski definition) is 3. The molecule has 110 valence electrons. The summed E-state index contributed by atoms with van der Waals surface area (Å²) in [5.41, 5.74) is 1.49. The van der Waals surface area contributed by atoms with Crippen molar-refractivity contribution in [2.24, 2.45) is 5.41 Å². The minimum absolute atomic E-state index is 0.174. The SMILES string of the molecule is CCCOc1ccc(C2(S(C)=O)CC3(COC3)C2)cc1. The van der Waals surface area contributed by atoms with Gasteiger partial charge in [-0.1, -0.05) is 19.1 Å². The molecule has 2 aliphatic rings. The average molecular weight is 294 g/mol. The molecule has 0 amide bonds. The summed E-state index contributed by atoms with van der Waals surface area (Å²) in [7, 11) is -0.856. The second-order valence-corrected chi connectivity index (χ2v) is 7.86. The minimum atomic E-state index is -0.856. The van der Waals surface area contributed by atoms with Crippen molar-refractivity contribution in [2.75, 3.05) is 26.1 Å². The van der Waals surface area contributed by atoms with Crippen molar-refractivity contribution >= 4 is 10.8 Å². The predicted molar refractivity (Wildman–Crippen MR) is 80.5 cm³/mol. The first-order chi connectivity index (χ1) is 9.60. The van der Waals surface area contributed by atoms with Gasteiger partial charge >= 0.3 is 0 Å². The Labute approximate surface area is 123 Å². The summed E-state index contributed by atoms with van der Waals surface area (Å²) in [6.45, 7) is 4.51. The minimum Gasteiger partial charge on any atom is -0.494 e. The largest absolute Gasteiger partial charge is 0.494 e. The summed E-state index contributed by atoms with van der Waals surface area (Å²) in [5.74, 6) is 0.897. The first-order valence-electron chi connectivity index (χ1n) is 7.25. The van der Waals surface area contributed by atoms with E-state index < -0.39 is 10.8 Å². The van der Waals surface area contributed by atoms with Crippen LogP contribution in [0.4, 0.5) is 0 Å². The van der Waals surface area contributed by atoms with Crippen molar-refractivity contribution < 1.29 is 13.7 Å². The Kier molecular flexibility index (Phi) is 3.63. The van der Waals surface area contributed by atoms with Gasteiger partial charge in [0.05, 0.1) is 24.6 Å². The van der Waals surface area contributed by atoms with Crippen LogP contribution >= 0.6 is 0 Å². The summed E-state index contributed by atoms with van der Waals surface area (Å²) in [6, 6.07) is 8.17. The molecule has 1 aromatic carbocycles. The van der Waals surface area contributed by atoms with Crippen molar-refractivity contribution in [1.82, 2.24) is 0 Å². The predicted octanol–water partition coefficient (Wildman–Crippen LogP) is 2.86. The second-order valence-electron chi connectivity index (χ2n) is 6.17. The molecule has 0 N–H and O–H groups in total. The molecule has 1 heterocycles. The summed E-state index contributed by atoms with van der Waals surface area (Å²) in [4.78, 5) is 0. The Bertz CT molecular complexity index is 497. The highest BCUT2D eigenvalue weighted by atomic mass is 32.2. The van der Waals surface area contributed by atoms with E-state index >= 15 is 0 Å². The lowest BCUT2D eigenvalue weighted by Crippen LogP contribution is -2.61. The third-order valence-electron chi connectivity index (χ3n) is 4.54. The van der Waals surface area contributed by atoms with E-state index in [1.807, 2.05) is 18.4 Å². The quantitative estimate of drug-likeness (QED) is 0.837. The molecule has 1 aliphatic carbocycles. The summed E-state index contributed by atoms with van der Waals surface area (Å²) in [6.07, 6.45) is 4.80. The van der Waals surface area contributed by atoms with E-state index in [0.29, 0.717) is 5.41 Å². The number of benzene rings is 1. The molecule has 2 fully saturated rings. The maximum absolute atomic E-state index is 12.3. The zero-order valence-electron chi connectivity index (χ0n) is 12.2. The lowest BCUT2D eigenvalue weighted by atomic mass is 9.58. The average Bonchev–Trinajstić information content (AvgIpc) is 2.34. The Morgan fingerprint density at radius 3 is 2.35 bits per heavy atom. The highest BCUT2D eigenvalue weighted by molar-refractivity contribution is 7.85. The molecular weight excluding hydrogens is 272 g/mol. The van der Waals surface area contributed by atoms with Gasteiger partial charge in [0.2, 0.25) is 0 Å². The standard InChI is InChI=1S/C16H22O3S/c1-3-8-19-14-6-4-13(5-7-14)16(20(2)17)9-15(10-16)11-18-12-15/h4-7H,3,8-12H2,1-2H3. The summed E-state index contributed by atoms with van der Waals surface area (Å²) in [5, 5.41) is 0. The van der Waals surface area contributed by atoms with E-state index in [1.54, 1.807) is 0 Å². The Balaban J connectivity index is 1.77. The van der Waals surface area contributed by atoms with E-state index in [2.05, 4.69) is 19.1 Å². The van der Waals surface area contributed by atoms with E-state index in [4.69, 9.17) is 9.47 Å². The van der Waals surface area contributed by atoms with Crippen LogP contribution in [-0.4, -0.2) is 30.3 Å². The topological polar surface area (TPSA) is 35.5 Å². The molecular formula is C16H22O3S. The smallest absolute Gasteiger partial charge is 0.119 e. The fourth-order valence-corrected chi connectivity index (χ4v) is 4.89. The van der Waals surface area contributed by atoms with Gasteiger partial charge in [-0.2, -0.15) is 0 Å². The summed E-state index contributed by atoms with van der Waals surface area (Å²) < 4.78 is 23.0. The van der Waals surface area contributed by atoms with Crippen molar-refractivity contribution in [3.05, 3.63) is 29.8 Å². The van der Waals surface area contributed by atoms with Crippen LogP contribution < -0.4 is 4.74 Å². The van der Waals surface area contributed by atoms with Crippen LogP contribution in [0.3, 0.4) is 0 Å². The molecule has 1 atom stereocenters. The van der Waals surface area contributed by atoms with Crippen molar-refractivity contribution in [1.29, 1.82) is 0 Å². The maximum Gasteiger partial charge on any atom is 0.119 e. The number of hydrogen-bond donors (Lipinski definition) is 0. The monoisotopic (exact) mass is 294 g/mol. The van der Waals surface area contributed by atoms with Gasteiger partial charge in [0.1, 0.15) is 5.75 Å². The van der Waals surface area contributed by atoms with Gasteiger partial charge in [0.15, 0.2) is 0 Å². The molecule has 1 saturated heterocycles. The van der Waals surface area contributed by atoms with Gasteiger partial charge in [-0.25, -0.2) is 0 Å². The molecule has 1 aromatic rings. The molecule has 1 unspecified atom stereocenters. The van der Waals surface area contributed by atoms with E-state index in [-0.39, 0.29) is 4.75 Å². The molecule has 0 aromatic heterocycles. The molecule has 4 heteroatoms. The molecule has 0 bridgehead atoms. The first-order valence-corrected chi connectivity index (χ1v) is 8.81. The Morgan fingerprint density at radius 1 is 1.25 bits per heavy atom. The fraction of sp³-hybridized carbons (Fsp3) is 0.625. The van der Waals surface area contributed by atoms with Gasteiger partial charge in [0, 0.05) is 22.5 Å². The third kappa shape index (κ3) is 2.19. The van der Waals surface area contributed by atoms with E-state index in [0.717, 1.165) is 44.8 Å². The number of ether oxygens (including phenoxy) is 2. The lowest BCUT2D eigenvalue weighted by molar-refractivity contribution is -0.172. The van der Waals surface area contributed by atoms with Gasteiger partial charge < -0.3 is 9.47 Å². The second kappa shape index (κ2) is 5.15. The molecule has 3 nitrogen and oxygen atoms in total. The van der Waals surface area contributed by atoms with Crippen LogP contribution in [0, 0.1) is 5.41 Å². The van der Waals surface area contributed by atoms with Crippen LogP contribution in [0.15, 0.2) is 24.3 Å². The molecule has 1 aliphatic heterocycles. The van der Waals surface area contributed by atoms with Crippen LogP contribution in [0.1, 0.15) is 31.7 Å². The summed E-state index contributed by atoms with van der Waals surface area (Å²) >= 11 is 0. The van der Waals surface area contributed by atoms with Gasteiger partial charge in [-0.15, -0.1) is 0 Å². The zero-order valence-corrected chi connectivity index (χ0v) is 13.0. The molecule has 1 spiro atoms. The van der Waals surface area contributed by atoms with E-state index in [1.165, 1.54) is 5.56 Å². The lowest BCUT2D eigenvalue weighted by Gasteiger charge is -2.59. The first kappa shape index (κ1) is 14.1. The van der Waals surface area contributed by atoms with Crippen molar-refractivity contribution in [3.63, 3.8) is 0 Å². The van der Waals surface area contributed by atoms with Crippen LogP contribution in [-0.2, 0) is 20.3 Å². The van der Waals surface area contributed by atoms with Crippen molar-refractivity contribution in [3.8, 4) is 5.75 Å². The van der Waals surface area contributed by atoms with Crippen LogP contribution in [0.2, 0.25) is 0 Å². The number of rotatable bonds is 5. The normalized spacial score (nSPS) is 23.7. The maximum atomic E-state index is 12.3. The van der Waals surface area contributed by atoms with Gasteiger partial charge in [-0.3, -0.25) is 4.21 Å². The molecule has 1 saturated carbocycles. The van der Waals surface area contributed by atoms with E-state index in [9.17, 15) is 4.21 Å². The molecule has 3 rings (SSSR count). The highest BCUT2D eigenvalue weighted by Crippen LogP contribution is 2.60. The van der Waals surface area contributed by atoms with Gasteiger partial charge in [0.25, 0.3) is 0 Å². The van der Waals surface area contributed by atoms with Gasteiger partial charge in [-0.05, 0) is 37.0 Å². The fourth-order valence-electron chi connectivity index (χ4n) is 3.40.